The van der Waals surface area contributed by atoms with Crippen LogP contribution in [-0.2, 0) is 9.53 Å². The number of rotatable bonds is 11. The van der Waals surface area contributed by atoms with Gasteiger partial charge in [0, 0.05) is 11.8 Å². The molecule has 0 aliphatic carbocycles. The Labute approximate surface area is 113 Å². The quantitative estimate of drug-likeness (QED) is 0.379. The first-order valence-electron chi connectivity index (χ1n) is 7.73. The van der Waals surface area contributed by atoms with Gasteiger partial charge in [0.1, 0.15) is 0 Å². The number of unbranched alkanes of at least 4 members (excludes halogenated alkanes) is 4. The fourth-order valence-corrected chi connectivity index (χ4v) is 2.21. The molecule has 0 saturated carbocycles. The van der Waals surface area contributed by atoms with Crippen LogP contribution in [0.3, 0.4) is 0 Å². The van der Waals surface area contributed by atoms with Gasteiger partial charge in [0.2, 0.25) is 0 Å². The van der Waals surface area contributed by atoms with Gasteiger partial charge in [-0.15, -0.1) is 0 Å². The maximum Gasteiger partial charge on any atom is 0.305 e. The smallest absolute Gasteiger partial charge is 0.305 e. The molecule has 0 amide bonds. The van der Waals surface area contributed by atoms with E-state index in [-0.39, 0.29) is 11.4 Å². The van der Waals surface area contributed by atoms with E-state index in [4.69, 9.17) is 4.74 Å². The predicted molar refractivity (Wildman–Crippen MR) is 77.6 cm³/mol. The number of carbonyl (C=O) groups excluding carboxylic acids is 1. The third-order valence-electron chi connectivity index (χ3n) is 3.64. The van der Waals surface area contributed by atoms with E-state index in [1.54, 1.807) is 0 Å². The van der Waals surface area contributed by atoms with Gasteiger partial charge in [-0.1, -0.05) is 66.2 Å². The lowest BCUT2D eigenvalue weighted by Gasteiger charge is -2.29. The summed E-state index contributed by atoms with van der Waals surface area (Å²) in [5.74, 6) is -0.0636. The SMILES string of the molecule is CCCCCCC(C)(CCCC)COC(=O)CC. The lowest BCUT2D eigenvalue weighted by atomic mass is 9.80. The molecule has 0 spiro atoms. The molecule has 0 bridgehead atoms. The Balaban J connectivity index is 4.10. The largest absolute Gasteiger partial charge is 0.465 e. The van der Waals surface area contributed by atoms with Gasteiger partial charge in [0.05, 0.1) is 6.61 Å². The maximum atomic E-state index is 11.3. The van der Waals surface area contributed by atoms with E-state index in [1.165, 1.54) is 51.4 Å². The monoisotopic (exact) mass is 256 g/mol. The summed E-state index contributed by atoms with van der Waals surface area (Å²) < 4.78 is 5.37. The zero-order valence-corrected chi connectivity index (χ0v) is 12.9. The number of hydrogen-bond acceptors (Lipinski definition) is 2. The summed E-state index contributed by atoms with van der Waals surface area (Å²) in [7, 11) is 0. The Hall–Kier alpha value is -0.530. The highest BCUT2D eigenvalue weighted by molar-refractivity contribution is 5.68. The van der Waals surface area contributed by atoms with Crippen LogP contribution in [0, 0.1) is 5.41 Å². The van der Waals surface area contributed by atoms with Gasteiger partial charge in [-0.05, 0) is 12.8 Å². The van der Waals surface area contributed by atoms with Crippen molar-refractivity contribution in [2.45, 2.75) is 85.5 Å². The lowest BCUT2D eigenvalue weighted by Crippen LogP contribution is -2.25. The molecule has 1 atom stereocenters. The highest BCUT2D eigenvalue weighted by Gasteiger charge is 2.24. The summed E-state index contributed by atoms with van der Waals surface area (Å²) in [6.45, 7) is 9.19. The topological polar surface area (TPSA) is 26.3 Å². The molecule has 0 aromatic heterocycles. The maximum absolute atomic E-state index is 11.3. The van der Waals surface area contributed by atoms with Gasteiger partial charge < -0.3 is 4.74 Å². The first kappa shape index (κ1) is 17.5. The van der Waals surface area contributed by atoms with Crippen LogP contribution in [-0.4, -0.2) is 12.6 Å². The van der Waals surface area contributed by atoms with Crippen molar-refractivity contribution >= 4 is 5.97 Å². The molecule has 18 heavy (non-hydrogen) atoms. The zero-order valence-electron chi connectivity index (χ0n) is 12.9. The van der Waals surface area contributed by atoms with Crippen LogP contribution >= 0.6 is 0 Å². The van der Waals surface area contributed by atoms with Crippen molar-refractivity contribution in [3.63, 3.8) is 0 Å². The molecule has 0 rings (SSSR count). The number of carbonyl (C=O) groups is 1. The molecular weight excluding hydrogens is 224 g/mol. The summed E-state index contributed by atoms with van der Waals surface area (Å²) in [4.78, 5) is 11.3. The molecule has 2 nitrogen and oxygen atoms in total. The average Bonchev–Trinajstić information content (AvgIpc) is 2.39. The Morgan fingerprint density at radius 3 is 2.11 bits per heavy atom. The standard InChI is InChI=1S/C16H32O2/c1-5-8-10-11-13-16(4,12-9-6-2)14-18-15(17)7-3/h5-14H2,1-4H3. The van der Waals surface area contributed by atoms with Crippen LogP contribution in [0.4, 0.5) is 0 Å². The molecule has 0 aliphatic rings. The van der Waals surface area contributed by atoms with Crippen molar-refractivity contribution in [3.8, 4) is 0 Å². The van der Waals surface area contributed by atoms with Crippen LogP contribution < -0.4 is 0 Å². The van der Waals surface area contributed by atoms with E-state index in [2.05, 4.69) is 20.8 Å². The Morgan fingerprint density at radius 2 is 1.56 bits per heavy atom. The minimum absolute atomic E-state index is 0.0636. The van der Waals surface area contributed by atoms with E-state index in [9.17, 15) is 4.79 Å². The zero-order chi connectivity index (χ0) is 13.9. The van der Waals surface area contributed by atoms with Crippen LogP contribution in [0.5, 0.6) is 0 Å². The second-order valence-electron chi connectivity index (χ2n) is 5.74. The van der Waals surface area contributed by atoms with E-state index >= 15 is 0 Å². The van der Waals surface area contributed by atoms with Gasteiger partial charge in [0.25, 0.3) is 0 Å². The molecule has 0 saturated heterocycles. The summed E-state index contributed by atoms with van der Waals surface area (Å²) in [6.07, 6.45) is 10.4. The third kappa shape index (κ3) is 8.54. The van der Waals surface area contributed by atoms with Gasteiger partial charge in [0.15, 0.2) is 0 Å². The van der Waals surface area contributed by atoms with Crippen LogP contribution in [0.15, 0.2) is 0 Å². The van der Waals surface area contributed by atoms with Crippen molar-refractivity contribution in [2.24, 2.45) is 5.41 Å². The summed E-state index contributed by atoms with van der Waals surface area (Å²) >= 11 is 0. The first-order chi connectivity index (χ1) is 8.58. The van der Waals surface area contributed by atoms with E-state index in [0.29, 0.717) is 13.0 Å². The number of hydrogen-bond donors (Lipinski definition) is 0. The van der Waals surface area contributed by atoms with Crippen molar-refractivity contribution < 1.29 is 9.53 Å². The molecule has 0 aromatic carbocycles. The molecular formula is C16H32O2. The normalized spacial score (nSPS) is 14.2. The molecule has 0 aromatic rings. The Bertz CT molecular complexity index is 213. The number of ether oxygens (including phenoxy) is 1. The molecule has 0 heterocycles. The minimum Gasteiger partial charge on any atom is -0.465 e. The lowest BCUT2D eigenvalue weighted by molar-refractivity contribution is -0.147. The minimum atomic E-state index is -0.0636. The van der Waals surface area contributed by atoms with E-state index in [0.717, 1.165) is 0 Å². The second kappa shape index (κ2) is 10.4. The van der Waals surface area contributed by atoms with Crippen molar-refractivity contribution in [1.29, 1.82) is 0 Å². The second-order valence-corrected chi connectivity index (χ2v) is 5.74. The van der Waals surface area contributed by atoms with Crippen molar-refractivity contribution in [2.75, 3.05) is 6.61 Å². The molecule has 108 valence electrons. The predicted octanol–water partition coefficient (Wildman–Crippen LogP) is 5.11. The fourth-order valence-electron chi connectivity index (χ4n) is 2.21. The summed E-state index contributed by atoms with van der Waals surface area (Å²) in [6, 6.07) is 0. The Kier molecular flexibility index (Phi) is 10.1. The molecule has 1 unspecified atom stereocenters. The molecule has 0 aliphatic heterocycles. The van der Waals surface area contributed by atoms with Crippen LogP contribution in [0.2, 0.25) is 0 Å². The average molecular weight is 256 g/mol. The summed E-state index contributed by atoms with van der Waals surface area (Å²) in [5.41, 5.74) is 0.189. The Morgan fingerprint density at radius 1 is 0.944 bits per heavy atom. The third-order valence-corrected chi connectivity index (χ3v) is 3.64. The van der Waals surface area contributed by atoms with Crippen molar-refractivity contribution in [1.82, 2.24) is 0 Å². The molecule has 0 N–H and O–H groups in total. The molecule has 0 fully saturated rings. The highest BCUT2D eigenvalue weighted by atomic mass is 16.5. The fraction of sp³-hybridized carbons (Fsp3) is 0.938. The van der Waals surface area contributed by atoms with Gasteiger partial charge in [-0.2, -0.15) is 0 Å². The van der Waals surface area contributed by atoms with Gasteiger partial charge in [-0.3, -0.25) is 4.79 Å². The number of esters is 1. The van der Waals surface area contributed by atoms with Crippen LogP contribution in [0.1, 0.15) is 85.5 Å². The molecule has 0 radical (unpaired) electrons. The first-order valence-corrected chi connectivity index (χ1v) is 7.73. The van der Waals surface area contributed by atoms with Crippen molar-refractivity contribution in [3.05, 3.63) is 0 Å². The van der Waals surface area contributed by atoms with E-state index in [1.807, 2.05) is 6.92 Å². The van der Waals surface area contributed by atoms with E-state index < -0.39 is 0 Å². The van der Waals surface area contributed by atoms with Crippen LogP contribution in [0.25, 0.3) is 0 Å². The molecule has 2 heteroatoms. The van der Waals surface area contributed by atoms with Gasteiger partial charge >= 0.3 is 5.97 Å². The summed E-state index contributed by atoms with van der Waals surface area (Å²) in [5, 5.41) is 0. The highest BCUT2D eigenvalue weighted by Crippen LogP contribution is 2.31. The van der Waals surface area contributed by atoms with Gasteiger partial charge in [-0.25, -0.2) is 0 Å².